The van der Waals surface area contributed by atoms with Gasteiger partial charge in [-0.15, -0.1) is 15.0 Å². The van der Waals surface area contributed by atoms with Crippen molar-refractivity contribution in [3.8, 4) is 11.4 Å². The van der Waals surface area contributed by atoms with Crippen molar-refractivity contribution in [3.05, 3.63) is 47.5 Å². The summed E-state index contributed by atoms with van der Waals surface area (Å²) >= 11 is 0. The van der Waals surface area contributed by atoms with Crippen LogP contribution in [0.5, 0.6) is 5.75 Å². The van der Waals surface area contributed by atoms with E-state index >= 15 is 0 Å². The van der Waals surface area contributed by atoms with Gasteiger partial charge in [0.05, 0.1) is 12.7 Å². The molecule has 0 spiro atoms. The van der Waals surface area contributed by atoms with Crippen LogP contribution in [0, 0.1) is 0 Å². The van der Waals surface area contributed by atoms with E-state index in [0.29, 0.717) is 36.2 Å². The molecule has 1 aliphatic rings. The summed E-state index contributed by atoms with van der Waals surface area (Å²) < 4.78 is 50.4. The molecule has 0 aliphatic carbocycles. The number of carbonyl (C=O) groups is 1. The van der Waals surface area contributed by atoms with Crippen LogP contribution in [0.3, 0.4) is 0 Å². The first-order valence-electron chi connectivity index (χ1n) is 12.0. The fraction of sp³-hybridized carbons (Fsp3) is 0.500. The lowest BCUT2D eigenvalue weighted by Gasteiger charge is -2.50. The average Bonchev–Trinajstić information content (AvgIpc) is 3.23. The second kappa shape index (κ2) is 9.60. The van der Waals surface area contributed by atoms with Crippen molar-refractivity contribution in [2.75, 3.05) is 7.11 Å². The Labute approximate surface area is 212 Å². The quantitative estimate of drug-likeness (QED) is 0.439. The summed E-state index contributed by atoms with van der Waals surface area (Å²) in [5.74, 6) is 0.0888. The normalized spacial score (nSPS) is 18.2. The van der Waals surface area contributed by atoms with E-state index in [9.17, 15) is 23.2 Å². The molecule has 37 heavy (non-hydrogen) atoms. The highest BCUT2D eigenvalue weighted by atomic mass is 19.4. The summed E-state index contributed by atoms with van der Waals surface area (Å²) in [6.07, 6.45) is -3.25. The molecule has 0 amide bonds. The number of fused-ring (bicyclic) bond motifs is 1. The van der Waals surface area contributed by atoms with Crippen LogP contribution >= 0.6 is 0 Å². The van der Waals surface area contributed by atoms with Crippen LogP contribution in [-0.4, -0.2) is 55.5 Å². The van der Waals surface area contributed by atoms with Gasteiger partial charge >= 0.3 is 12.1 Å². The molecule has 200 valence electrons. The van der Waals surface area contributed by atoms with E-state index in [1.165, 1.54) is 23.0 Å². The third kappa shape index (κ3) is 5.72. The number of piperidine rings is 1. The first-order valence-corrected chi connectivity index (χ1v) is 12.0. The van der Waals surface area contributed by atoms with Crippen LogP contribution in [-0.2, 0) is 22.1 Å². The third-order valence-corrected chi connectivity index (χ3v) is 6.68. The van der Waals surface area contributed by atoms with Gasteiger partial charge in [0.2, 0.25) is 0 Å². The molecule has 2 aromatic carbocycles. The Kier molecular flexibility index (Phi) is 6.98. The van der Waals surface area contributed by atoms with Gasteiger partial charge in [0, 0.05) is 30.3 Å². The largest absolute Gasteiger partial charge is 0.494 e. The van der Waals surface area contributed by atoms with E-state index in [0.717, 1.165) is 17.7 Å². The maximum atomic E-state index is 13.1. The zero-order valence-electron chi connectivity index (χ0n) is 21.5. The van der Waals surface area contributed by atoms with Gasteiger partial charge in [-0.05, 0) is 70.0 Å². The van der Waals surface area contributed by atoms with Crippen LogP contribution in [0.4, 0.5) is 13.2 Å². The number of hydrogen-bond acceptors (Lipinski definition) is 7. The summed E-state index contributed by atoms with van der Waals surface area (Å²) in [5.41, 5.74) is -0.220. The highest BCUT2D eigenvalue weighted by Crippen LogP contribution is 2.38. The molecule has 0 bridgehead atoms. The number of nitrogens with zero attached hydrogens (tertiary/aromatic N) is 4. The standard InChI is InChI=1S/C26H31F3N4O4/c1-24(2)14-18(15-25(3,4)33(24)35)37-23(34)11-7-16-6-10-22(36-5)21(12-16)32-30-19-9-8-17(26(27,28)29)13-20(19)31-32/h6,8-10,12-13,18,35H,7,11,14-15H2,1-5H3. The SMILES string of the molecule is COc1ccc(CCC(=O)OC2CC(C)(C)N(O)C(C)(C)C2)cc1-n1nc2ccc(C(F)(F)F)cc2n1. The lowest BCUT2D eigenvalue weighted by Crippen LogP contribution is -2.60. The fourth-order valence-electron chi connectivity index (χ4n) is 5.00. The van der Waals surface area contributed by atoms with Gasteiger partial charge in [0.25, 0.3) is 0 Å². The van der Waals surface area contributed by atoms with Gasteiger partial charge in [-0.1, -0.05) is 6.07 Å². The van der Waals surface area contributed by atoms with Crippen molar-refractivity contribution in [2.24, 2.45) is 0 Å². The summed E-state index contributed by atoms with van der Waals surface area (Å²) in [6.45, 7) is 7.63. The second-order valence-electron chi connectivity index (χ2n) is 10.7. The first-order chi connectivity index (χ1) is 17.2. The average molecular weight is 521 g/mol. The molecular formula is C26H31F3N4O4. The van der Waals surface area contributed by atoms with Crippen LogP contribution < -0.4 is 4.74 Å². The van der Waals surface area contributed by atoms with Gasteiger partial charge in [-0.25, -0.2) is 0 Å². The molecule has 0 unspecified atom stereocenters. The van der Waals surface area contributed by atoms with Crippen LogP contribution in [0.2, 0.25) is 0 Å². The van der Waals surface area contributed by atoms with Crippen molar-refractivity contribution in [2.45, 2.75) is 76.7 Å². The van der Waals surface area contributed by atoms with E-state index < -0.39 is 22.8 Å². The minimum Gasteiger partial charge on any atom is -0.494 e. The molecule has 11 heteroatoms. The Bertz CT molecular complexity index is 1280. The third-order valence-electron chi connectivity index (χ3n) is 6.68. The second-order valence-corrected chi connectivity index (χ2v) is 10.7. The molecule has 8 nitrogen and oxygen atoms in total. The maximum Gasteiger partial charge on any atom is 0.416 e. The van der Waals surface area contributed by atoms with Gasteiger partial charge in [-0.3, -0.25) is 4.79 Å². The zero-order chi connectivity index (χ0) is 27.2. The Morgan fingerprint density at radius 2 is 1.70 bits per heavy atom. The highest BCUT2D eigenvalue weighted by molar-refractivity contribution is 5.75. The Hall–Kier alpha value is -3.18. The number of methoxy groups -OCH3 is 1. The lowest BCUT2D eigenvalue weighted by molar-refractivity contribution is -0.259. The van der Waals surface area contributed by atoms with E-state index in [1.54, 1.807) is 18.2 Å². The van der Waals surface area contributed by atoms with Crippen molar-refractivity contribution in [1.29, 1.82) is 0 Å². The van der Waals surface area contributed by atoms with Crippen LogP contribution in [0.1, 0.15) is 58.1 Å². The monoisotopic (exact) mass is 520 g/mol. The van der Waals surface area contributed by atoms with Gasteiger partial charge in [0.15, 0.2) is 0 Å². The van der Waals surface area contributed by atoms with Crippen molar-refractivity contribution < 1.29 is 32.6 Å². The molecule has 3 aromatic rings. The van der Waals surface area contributed by atoms with E-state index in [-0.39, 0.29) is 24.0 Å². The number of hydrogen-bond donors (Lipinski definition) is 1. The number of rotatable bonds is 6. The molecule has 1 aromatic heterocycles. The van der Waals surface area contributed by atoms with Crippen molar-refractivity contribution >= 4 is 17.0 Å². The molecule has 1 N–H and O–H groups in total. The molecule has 0 saturated carbocycles. The minimum absolute atomic E-state index is 0.102. The fourth-order valence-corrected chi connectivity index (χ4v) is 5.00. The Morgan fingerprint density at radius 3 is 2.32 bits per heavy atom. The molecule has 0 radical (unpaired) electrons. The number of hydroxylamine groups is 2. The summed E-state index contributed by atoms with van der Waals surface area (Å²) in [5, 5.41) is 20.3. The molecule has 1 fully saturated rings. The van der Waals surface area contributed by atoms with Crippen LogP contribution in [0.25, 0.3) is 16.7 Å². The predicted octanol–water partition coefficient (Wildman–Crippen LogP) is 5.33. The van der Waals surface area contributed by atoms with E-state index in [1.807, 2.05) is 27.7 Å². The van der Waals surface area contributed by atoms with Gasteiger partial charge in [-0.2, -0.15) is 18.2 Å². The number of aromatic nitrogens is 3. The minimum atomic E-state index is -4.48. The predicted molar refractivity (Wildman–Crippen MR) is 130 cm³/mol. The summed E-state index contributed by atoms with van der Waals surface area (Å²) in [4.78, 5) is 13.9. The first kappa shape index (κ1) is 26.9. The number of esters is 1. The zero-order valence-corrected chi connectivity index (χ0v) is 21.5. The molecule has 1 saturated heterocycles. The number of alkyl halides is 3. The topological polar surface area (TPSA) is 89.7 Å². The molecule has 2 heterocycles. The number of benzene rings is 2. The molecule has 0 atom stereocenters. The summed E-state index contributed by atoms with van der Waals surface area (Å²) in [7, 11) is 1.47. The number of halogens is 3. The number of aryl methyl sites for hydroxylation is 1. The van der Waals surface area contributed by atoms with Gasteiger partial charge < -0.3 is 14.7 Å². The smallest absolute Gasteiger partial charge is 0.416 e. The lowest BCUT2D eigenvalue weighted by atomic mass is 9.80. The van der Waals surface area contributed by atoms with Crippen molar-refractivity contribution in [3.63, 3.8) is 0 Å². The van der Waals surface area contributed by atoms with Crippen LogP contribution in [0.15, 0.2) is 36.4 Å². The molecule has 4 rings (SSSR count). The van der Waals surface area contributed by atoms with E-state index in [2.05, 4.69) is 10.2 Å². The summed E-state index contributed by atoms with van der Waals surface area (Å²) in [6, 6.07) is 8.44. The Morgan fingerprint density at radius 1 is 1.05 bits per heavy atom. The number of carbonyl (C=O) groups excluding carboxylic acids is 1. The Balaban J connectivity index is 1.48. The molecule has 1 aliphatic heterocycles. The van der Waals surface area contributed by atoms with Gasteiger partial charge in [0.1, 0.15) is 28.6 Å². The van der Waals surface area contributed by atoms with E-state index in [4.69, 9.17) is 9.47 Å². The molecular weight excluding hydrogens is 489 g/mol. The maximum absolute atomic E-state index is 13.1. The number of ether oxygens (including phenoxy) is 2. The van der Waals surface area contributed by atoms with Crippen molar-refractivity contribution in [1.82, 2.24) is 20.1 Å². The highest BCUT2D eigenvalue weighted by Gasteiger charge is 2.46.